The number of aromatic hydroxyl groups is 1. The van der Waals surface area contributed by atoms with Crippen LogP contribution in [0.2, 0.25) is 0 Å². The molecule has 0 atom stereocenters. The third-order valence-corrected chi connectivity index (χ3v) is 3.43. The summed E-state index contributed by atoms with van der Waals surface area (Å²) in [6, 6.07) is 14.5. The Balaban J connectivity index is 1.85. The molecule has 0 aliphatic rings. The predicted octanol–water partition coefficient (Wildman–Crippen LogP) is 4.05. The van der Waals surface area contributed by atoms with E-state index in [2.05, 4.69) is 29.6 Å². The Kier molecular flexibility index (Phi) is 4.45. The molecule has 0 aliphatic carbocycles. The van der Waals surface area contributed by atoms with Gasteiger partial charge in [0.1, 0.15) is 5.75 Å². The predicted molar refractivity (Wildman–Crippen MR) is 80.8 cm³/mol. The van der Waals surface area contributed by atoms with Gasteiger partial charge in [-0.3, -0.25) is 0 Å². The molecule has 100 valence electrons. The Hall–Kier alpha value is -1.96. The fraction of sp³-hybridized carbons (Fsp3) is 0.294. The largest absolute Gasteiger partial charge is 0.507 e. The summed E-state index contributed by atoms with van der Waals surface area (Å²) in [6.45, 7) is 4.78. The van der Waals surface area contributed by atoms with Crippen molar-refractivity contribution in [3.63, 3.8) is 0 Å². The van der Waals surface area contributed by atoms with E-state index in [0.717, 1.165) is 36.2 Å². The van der Waals surface area contributed by atoms with Gasteiger partial charge < -0.3 is 10.4 Å². The van der Waals surface area contributed by atoms with Crippen LogP contribution in [0.5, 0.6) is 5.75 Å². The maximum Gasteiger partial charge on any atom is 0.123 e. The molecule has 2 nitrogen and oxygen atoms in total. The summed E-state index contributed by atoms with van der Waals surface area (Å²) in [5.41, 5.74) is 4.25. The van der Waals surface area contributed by atoms with Crippen molar-refractivity contribution in [3.05, 3.63) is 59.2 Å². The molecule has 0 heterocycles. The number of rotatable bonds is 5. The standard InChI is InChI=1S/C17H21NO/c1-13-10-11-16(14(2)17(13)19)18-12-6-9-15-7-4-3-5-8-15/h3-5,7-8,10-11,18-19H,6,9,12H2,1-2H3. The third kappa shape index (κ3) is 3.50. The van der Waals surface area contributed by atoms with Gasteiger partial charge in [-0.1, -0.05) is 36.4 Å². The lowest BCUT2D eigenvalue weighted by Gasteiger charge is -2.12. The molecule has 2 heteroatoms. The first-order valence-electron chi connectivity index (χ1n) is 6.75. The van der Waals surface area contributed by atoms with Gasteiger partial charge in [-0.05, 0) is 43.9 Å². The van der Waals surface area contributed by atoms with Gasteiger partial charge >= 0.3 is 0 Å². The van der Waals surface area contributed by atoms with E-state index in [9.17, 15) is 5.11 Å². The molecule has 0 amide bonds. The molecular weight excluding hydrogens is 234 g/mol. The third-order valence-electron chi connectivity index (χ3n) is 3.43. The van der Waals surface area contributed by atoms with Gasteiger partial charge in [0.25, 0.3) is 0 Å². The Morgan fingerprint density at radius 3 is 2.47 bits per heavy atom. The van der Waals surface area contributed by atoms with Crippen LogP contribution in [0.15, 0.2) is 42.5 Å². The zero-order valence-electron chi connectivity index (χ0n) is 11.6. The zero-order chi connectivity index (χ0) is 13.7. The average Bonchev–Trinajstić information content (AvgIpc) is 2.44. The number of hydrogen-bond donors (Lipinski definition) is 2. The average molecular weight is 255 g/mol. The summed E-state index contributed by atoms with van der Waals surface area (Å²) in [6.07, 6.45) is 2.16. The van der Waals surface area contributed by atoms with Crippen molar-refractivity contribution < 1.29 is 5.11 Å². The lowest BCUT2D eigenvalue weighted by atomic mass is 10.1. The molecule has 0 radical (unpaired) electrons. The van der Waals surface area contributed by atoms with Crippen molar-refractivity contribution in [2.45, 2.75) is 26.7 Å². The number of phenols is 1. The highest BCUT2D eigenvalue weighted by molar-refractivity contribution is 5.58. The fourth-order valence-electron chi connectivity index (χ4n) is 2.19. The van der Waals surface area contributed by atoms with Crippen LogP contribution in [-0.2, 0) is 6.42 Å². The Morgan fingerprint density at radius 2 is 1.74 bits per heavy atom. The Morgan fingerprint density at radius 1 is 1.00 bits per heavy atom. The minimum absolute atomic E-state index is 0.396. The summed E-state index contributed by atoms with van der Waals surface area (Å²) in [4.78, 5) is 0. The van der Waals surface area contributed by atoms with Gasteiger partial charge in [0.05, 0.1) is 0 Å². The second-order valence-electron chi connectivity index (χ2n) is 4.92. The van der Waals surface area contributed by atoms with Crippen LogP contribution in [0, 0.1) is 13.8 Å². The highest BCUT2D eigenvalue weighted by Crippen LogP contribution is 2.27. The van der Waals surface area contributed by atoms with Crippen LogP contribution in [0.1, 0.15) is 23.1 Å². The van der Waals surface area contributed by atoms with E-state index in [0.29, 0.717) is 5.75 Å². The van der Waals surface area contributed by atoms with E-state index >= 15 is 0 Å². The number of phenolic OH excluding ortho intramolecular Hbond substituents is 1. The monoisotopic (exact) mass is 255 g/mol. The van der Waals surface area contributed by atoms with Gasteiger partial charge in [-0.2, -0.15) is 0 Å². The molecular formula is C17H21NO. The molecule has 0 spiro atoms. The molecule has 2 aromatic rings. The number of anilines is 1. The second-order valence-corrected chi connectivity index (χ2v) is 4.92. The van der Waals surface area contributed by atoms with Gasteiger partial charge in [0.15, 0.2) is 0 Å². The maximum atomic E-state index is 9.88. The lowest BCUT2D eigenvalue weighted by molar-refractivity contribution is 0.467. The topological polar surface area (TPSA) is 32.3 Å². The first-order chi connectivity index (χ1) is 9.18. The molecule has 0 aliphatic heterocycles. The molecule has 2 N–H and O–H groups in total. The van der Waals surface area contributed by atoms with Crippen molar-refractivity contribution in [1.82, 2.24) is 0 Å². The summed E-state index contributed by atoms with van der Waals surface area (Å²) in [5.74, 6) is 0.396. The van der Waals surface area contributed by atoms with E-state index in [-0.39, 0.29) is 0 Å². The minimum atomic E-state index is 0.396. The van der Waals surface area contributed by atoms with Gasteiger partial charge in [-0.15, -0.1) is 0 Å². The first-order valence-corrected chi connectivity index (χ1v) is 6.75. The summed E-state index contributed by atoms with van der Waals surface area (Å²) >= 11 is 0. The molecule has 0 fully saturated rings. The van der Waals surface area contributed by atoms with Crippen LogP contribution >= 0.6 is 0 Å². The van der Waals surface area contributed by atoms with Crippen LogP contribution in [0.25, 0.3) is 0 Å². The zero-order valence-corrected chi connectivity index (χ0v) is 11.6. The van der Waals surface area contributed by atoms with Crippen molar-refractivity contribution in [2.24, 2.45) is 0 Å². The molecule has 0 unspecified atom stereocenters. The highest BCUT2D eigenvalue weighted by atomic mass is 16.3. The van der Waals surface area contributed by atoms with Crippen LogP contribution < -0.4 is 5.32 Å². The van der Waals surface area contributed by atoms with Crippen molar-refractivity contribution >= 4 is 5.69 Å². The SMILES string of the molecule is Cc1ccc(NCCCc2ccccc2)c(C)c1O. The highest BCUT2D eigenvalue weighted by Gasteiger charge is 2.05. The van der Waals surface area contributed by atoms with E-state index < -0.39 is 0 Å². The maximum absolute atomic E-state index is 9.88. The number of hydrogen-bond acceptors (Lipinski definition) is 2. The smallest absolute Gasteiger partial charge is 0.123 e. The van der Waals surface area contributed by atoms with E-state index in [1.54, 1.807) is 0 Å². The van der Waals surface area contributed by atoms with Crippen LogP contribution in [0.3, 0.4) is 0 Å². The van der Waals surface area contributed by atoms with Gasteiger partial charge in [0, 0.05) is 17.8 Å². The van der Waals surface area contributed by atoms with Crippen molar-refractivity contribution in [1.29, 1.82) is 0 Å². The van der Waals surface area contributed by atoms with E-state index in [4.69, 9.17) is 0 Å². The number of benzene rings is 2. The first kappa shape index (κ1) is 13.5. The Bertz CT molecular complexity index is 534. The van der Waals surface area contributed by atoms with Crippen molar-refractivity contribution in [3.8, 4) is 5.75 Å². The Labute approximate surface area is 115 Å². The van der Waals surface area contributed by atoms with Gasteiger partial charge in [0.2, 0.25) is 0 Å². The van der Waals surface area contributed by atoms with E-state index in [1.165, 1.54) is 5.56 Å². The van der Waals surface area contributed by atoms with Crippen LogP contribution in [-0.4, -0.2) is 11.7 Å². The molecule has 2 aromatic carbocycles. The van der Waals surface area contributed by atoms with Crippen molar-refractivity contribution in [2.75, 3.05) is 11.9 Å². The summed E-state index contributed by atoms with van der Waals surface area (Å²) in [7, 11) is 0. The van der Waals surface area contributed by atoms with Crippen LogP contribution in [0.4, 0.5) is 5.69 Å². The second kappa shape index (κ2) is 6.28. The molecule has 0 aromatic heterocycles. The molecule has 19 heavy (non-hydrogen) atoms. The number of aryl methyl sites for hydroxylation is 2. The quantitative estimate of drug-likeness (QED) is 0.790. The number of nitrogens with one attached hydrogen (secondary N) is 1. The lowest BCUT2D eigenvalue weighted by Crippen LogP contribution is -2.04. The van der Waals surface area contributed by atoms with E-state index in [1.807, 2.05) is 32.0 Å². The molecule has 0 saturated heterocycles. The molecule has 2 rings (SSSR count). The molecule has 0 saturated carbocycles. The normalized spacial score (nSPS) is 10.4. The summed E-state index contributed by atoms with van der Waals surface area (Å²) in [5, 5.41) is 13.3. The molecule has 0 bridgehead atoms. The summed E-state index contributed by atoms with van der Waals surface area (Å²) < 4.78 is 0. The van der Waals surface area contributed by atoms with Gasteiger partial charge in [-0.25, -0.2) is 0 Å². The minimum Gasteiger partial charge on any atom is -0.507 e. The fourth-order valence-corrected chi connectivity index (χ4v) is 2.19.